The predicted molar refractivity (Wildman–Crippen MR) is 38.4 cm³/mol. The zero-order chi connectivity index (χ0) is 7.45. The number of aliphatic hydroxyl groups excluding tert-OH is 1. The highest BCUT2D eigenvalue weighted by atomic mass is 16.6. The lowest BCUT2D eigenvalue weighted by molar-refractivity contribution is -0.108. The molecule has 0 spiro atoms. The molecule has 3 nitrogen and oxygen atoms in total. The minimum atomic E-state index is -0.197. The molecule has 3 heteroatoms. The molecule has 0 heterocycles. The molecule has 10 heavy (non-hydrogen) atoms. The molecule has 0 aromatic rings. The molecule has 1 rings (SSSR count). The molecule has 0 aliphatic heterocycles. The number of rotatable bonds is 3. The molecule has 0 amide bonds. The molecule has 1 saturated carbocycles. The Morgan fingerprint density at radius 1 is 1.40 bits per heavy atom. The van der Waals surface area contributed by atoms with Crippen molar-refractivity contribution >= 4 is 0 Å². The maximum absolute atomic E-state index is 8.55. The summed E-state index contributed by atoms with van der Waals surface area (Å²) in [6, 6.07) is 0. The standard InChI is InChI=1S/C7H15NO2/c8-5-7(10-6-9)3-1-2-4-7/h9H,1-6,8H2. The Kier molecular flexibility index (Phi) is 2.65. The molecule has 60 valence electrons. The Bertz CT molecular complexity index is 99.8. The van der Waals surface area contributed by atoms with Crippen molar-refractivity contribution in [1.29, 1.82) is 0 Å². The molecule has 0 saturated heterocycles. The van der Waals surface area contributed by atoms with Gasteiger partial charge in [0.25, 0.3) is 0 Å². The molecule has 0 unspecified atom stereocenters. The van der Waals surface area contributed by atoms with E-state index in [4.69, 9.17) is 15.6 Å². The van der Waals surface area contributed by atoms with Crippen molar-refractivity contribution in [1.82, 2.24) is 0 Å². The smallest absolute Gasteiger partial charge is 0.144 e. The van der Waals surface area contributed by atoms with Gasteiger partial charge < -0.3 is 15.6 Å². The first-order valence-electron chi connectivity index (χ1n) is 3.78. The van der Waals surface area contributed by atoms with Gasteiger partial charge in [-0.05, 0) is 12.8 Å². The van der Waals surface area contributed by atoms with Crippen molar-refractivity contribution in [3.05, 3.63) is 0 Å². The van der Waals surface area contributed by atoms with Gasteiger partial charge in [-0.2, -0.15) is 0 Å². The van der Waals surface area contributed by atoms with Crippen LogP contribution in [-0.4, -0.2) is 24.0 Å². The normalized spacial score (nSPS) is 23.4. The fourth-order valence-electron chi connectivity index (χ4n) is 1.56. The molecule has 1 aliphatic rings. The molecule has 0 aromatic heterocycles. The van der Waals surface area contributed by atoms with Gasteiger partial charge in [0.15, 0.2) is 0 Å². The Morgan fingerprint density at radius 3 is 2.40 bits per heavy atom. The monoisotopic (exact) mass is 145 g/mol. The van der Waals surface area contributed by atoms with E-state index in [2.05, 4.69) is 0 Å². The lowest BCUT2D eigenvalue weighted by Crippen LogP contribution is -2.38. The van der Waals surface area contributed by atoms with Gasteiger partial charge in [0.05, 0.1) is 5.60 Å². The largest absolute Gasteiger partial charge is 0.371 e. The van der Waals surface area contributed by atoms with E-state index in [0.29, 0.717) is 6.54 Å². The van der Waals surface area contributed by atoms with E-state index >= 15 is 0 Å². The van der Waals surface area contributed by atoms with Gasteiger partial charge >= 0.3 is 0 Å². The van der Waals surface area contributed by atoms with Crippen molar-refractivity contribution in [2.45, 2.75) is 31.3 Å². The number of hydrogen-bond donors (Lipinski definition) is 2. The lowest BCUT2D eigenvalue weighted by atomic mass is 10.0. The Labute approximate surface area is 61.2 Å². The summed E-state index contributed by atoms with van der Waals surface area (Å²) in [6.07, 6.45) is 4.36. The fraction of sp³-hybridized carbons (Fsp3) is 1.00. The third-order valence-electron chi connectivity index (χ3n) is 2.26. The summed E-state index contributed by atoms with van der Waals surface area (Å²) in [5.74, 6) is 0. The highest BCUT2D eigenvalue weighted by Gasteiger charge is 2.32. The maximum Gasteiger partial charge on any atom is 0.144 e. The van der Waals surface area contributed by atoms with Crippen molar-refractivity contribution in [2.24, 2.45) is 5.73 Å². The van der Waals surface area contributed by atoms with Crippen LogP contribution in [0.4, 0.5) is 0 Å². The highest BCUT2D eigenvalue weighted by molar-refractivity contribution is 4.86. The van der Waals surface area contributed by atoms with Crippen molar-refractivity contribution in [3.63, 3.8) is 0 Å². The van der Waals surface area contributed by atoms with Crippen LogP contribution in [0.15, 0.2) is 0 Å². The average Bonchev–Trinajstić information content (AvgIpc) is 2.39. The van der Waals surface area contributed by atoms with Crippen LogP contribution in [0.3, 0.4) is 0 Å². The van der Waals surface area contributed by atoms with E-state index in [1.165, 1.54) is 12.8 Å². The van der Waals surface area contributed by atoms with Crippen LogP contribution in [0, 0.1) is 0 Å². The van der Waals surface area contributed by atoms with Gasteiger partial charge in [-0.1, -0.05) is 12.8 Å². The minimum absolute atomic E-state index is 0.186. The predicted octanol–water partition coefficient (Wildman–Crippen LogP) is 0.224. The summed E-state index contributed by atoms with van der Waals surface area (Å²) in [7, 11) is 0. The summed E-state index contributed by atoms with van der Waals surface area (Å²) in [6.45, 7) is 0.338. The molecule has 0 bridgehead atoms. The van der Waals surface area contributed by atoms with E-state index < -0.39 is 0 Å². The summed E-state index contributed by atoms with van der Waals surface area (Å²) < 4.78 is 5.17. The van der Waals surface area contributed by atoms with Crippen LogP contribution in [-0.2, 0) is 4.74 Å². The van der Waals surface area contributed by atoms with E-state index in [-0.39, 0.29) is 12.4 Å². The first kappa shape index (κ1) is 7.98. The second-order valence-electron chi connectivity index (χ2n) is 2.87. The van der Waals surface area contributed by atoms with Crippen molar-refractivity contribution in [2.75, 3.05) is 13.3 Å². The second-order valence-corrected chi connectivity index (χ2v) is 2.87. The highest BCUT2D eigenvalue weighted by Crippen LogP contribution is 2.31. The summed E-state index contributed by atoms with van der Waals surface area (Å²) >= 11 is 0. The van der Waals surface area contributed by atoms with Crippen LogP contribution < -0.4 is 5.73 Å². The molecule has 0 radical (unpaired) electrons. The quantitative estimate of drug-likeness (QED) is 0.559. The van der Waals surface area contributed by atoms with E-state index in [0.717, 1.165) is 12.8 Å². The summed E-state index contributed by atoms with van der Waals surface area (Å²) in [5.41, 5.74) is 5.33. The Balaban J connectivity index is 2.41. The van der Waals surface area contributed by atoms with Crippen molar-refractivity contribution < 1.29 is 9.84 Å². The average molecular weight is 145 g/mol. The fourth-order valence-corrected chi connectivity index (χ4v) is 1.56. The lowest BCUT2D eigenvalue weighted by Gasteiger charge is -2.25. The van der Waals surface area contributed by atoms with Crippen LogP contribution in [0.5, 0.6) is 0 Å². The number of aliphatic hydroxyl groups is 1. The summed E-state index contributed by atoms with van der Waals surface area (Å²) in [5, 5.41) is 8.55. The number of ether oxygens (including phenoxy) is 1. The Morgan fingerprint density at radius 2 is 2.00 bits per heavy atom. The van der Waals surface area contributed by atoms with Gasteiger partial charge in [0, 0.05) is 6.54 Å². The molecule has 1 fully saturated rings. The molecule has 3 N–H and O–H groups in total. The number of hydrogen-bond acceptors (Lipinski definition) is 3. The van der Waals surface area contributed by atoms with E-state index in [1.807, 2.05) is 0 Å². The first-order valence-corrected chi connectivity index (χ1v) is 3.78. The third kappa shape index (κ3) is 1.48. The summed E-state index contributed by atoms with van der Waals surface area (Å²) in [4.78, 5) is 0. The van der Waals surface area contributed by atoms with Gasteiger partial charge in [0.2, 0.25) is 0 Å². The molecular weight excluding hydrogens is 130 g/mol. The van der Waals surface area contributed by atoms with Crippen LogP contribution >= 0.6 is 0 Å². The second kappa shape index (κ2) is 3.32. The number of nitrogens with two attached hydrogens (primary N) is 1. The van der Waals surface area contributed by atoms with Crippen LogP contribution in [0.2, 0.25) is 0 Å². The van der Waals surface area contributed by atoms with E-state index in [9.17, 15) is 0 Å². The molecule has 0 aromatic carbocycles. The van der Waals surface area contributed by atoms with E-state index in [1.54, 1.807) is 0 Å². The van der Waals surface area contributed by atoms with Gasteiger partial charge in [0.1, 0.15) is 6.79 Å². The molecular formula is C7H15NO2. The third-order valence-corrected chi connectivity index (χ3v) is 2.26. The first-order chi connectivity index (χ1) is 4.83. The van der Waals surface area contributed by atoms with Crippen LogP contribution in [0.1, 0.15) is 25.7 Å². The zero-order valence-electron chi connectivity index (χ0n) is 6.18. The zero-order valence-corrected chi connectivity index (χ0v) is 6.18. The minimum Gasteiger partial charge on any atom is -0.371 e. The SMILES string of the molecule is NCC1(OCO)CCCC1. The van der Waals surface area contributed by atoms with Crippen LogP contribution in [0.25, 0.3) is 0 Å². The topological polar surface area (TPSA) is 55.5 Å². The van der Waals surface area contributed by atoms with Gasteiger partial charge in [-0.25, -0.2) is 0 Å². The van der Waals surface area contributed by atoms with Crippen molar-refractivity contribution in [3.8, 4) is 0 Å². The molecule has 1 aliphatic carbocycles. The maximum atomic E-state index is 8.55. The van der Waals surface area contributed by atoms with Gasteiger partial charge in [-0.15, -0.1) is 0 Å². The Hall–Kier alpha value is -0.120. The van der Waals surface area contributed by atoms with Gasteiger partial charge in [-0.3, -0.25) is 0 Å². The molecule has 0 atom stereocenters.